The Balaban J connectivity index is 1.70. The zero-order valence-corrected chi connectivity index (χ0v) is 12.4. The highest BCUT2D eigenvalue weighted by Gasteiger charge is 2.17. The molecule has 3 heteroatoms. The number of aliphatic hydroxyl groups excluding tert-OH is 1. The van der Waals surface area contributed by atoms with Crippen LogP contribution in [0.2, 0.25) is 0 Å². The molecule has 1 aliphatic heterocycles. The summed E-state index contributed by atoms with van der Waals surface area (Å²) in [7, 11) is 1.67. The summed E-state index contributed by atoms with van der Waals surface area (Å²) < 4.78 is 10.8. The molecule has 0 amide bonds. The van der Waals surface area contributed by atoms with Crippen molar-refractivity contribution in [3.8, 4) is 5.75 Å². The van der Waals surface area contributed by atoms with Gasteiger partial charge in [0.25, 0.3) is 0 Å². The van der Waals surface area contributed by atoms with Crippen molar-refractivity contribution >= 4 is 10.8 Å². The molecule has 2 atom stereocenters. The summed E-state index contributed by atoms with van der Waals surface area (Å²) in [4.78, 5) is 0. The van der Waals surface area contributed by atoms with Crippen LogP contribution in [-0.2, 0) is 4.74 Å². The fourth-order valence-corrected chi connectivity index (χ4v) is 2.96. The molecule has 3 rings (SSSR count). The molecule has 3 nitrogen and oxygen atoms in total. The molecule has 0 bridgehead atoms. The average Bonchev–Trinajstić information content (AvgIpc) is 3.05. The van der Waals surface area contributed by atoms with Gasteiger partial charge in [0, 0.05) is 6.61 Å². The first-order valence-corrected chi connectivity index (χ1v) is 7.63. The fraction of sp³-hybridized carbons (Fsp3) is 0.444. The van der Waals surface area contributed by atoms with Gasteiger partial charge in [0.1, 0.15) is 5.75 Å². The number of methoxy groups -OCH3 is 1. The molecule has 0 aromatic heterocycles. The van der Waals surface area contributed by atoms with Crippen LogP contribution in [0.1, 0.15) is 37.4 Å². The molecule has 0 radical (unpaired) electrons. The van der Waals surface area contributed by atoms with Crippen LogP contribution in [0.3, 0.4) is 0 Å². The van der Waals surface area contributed by atoms with Gasteiger partial charge < -0.3 is 14.6 Å². The van der Waals surface area contributed by atoms with Crippen molar-refractivity contribution in [3.05, 3.63) is 42.0 Å². The van der Waals surface area contributed by atoms with E-state index in [-0.39, 0.29) is 0 Å². The molecule has 0 saturated carbocycles. The van der Waals surface area contributed by atoms with E-state index in [4.69, 9.17) is 9.47 Å². The number of rotatable bonds is 5. The molecule has 1 saturated heterocycles. The van der Waals surface area contributed by atoms with E-state index in [2.05, 4.69) is 6.07 Å². The maximum atomic E-state index is 10.4. The molecule has 0 spiro atoms. The Labute approximate surface area is 125 Å². The summed E-state index contributed by atoms with van der Waals surface area (Å²) in [6.07, 6.45) is 3.89. The van der Waals surface area contributed by atoms with Gasteiger partial charge in [-0.15, -0.1) is 0 Å². The van der Waals surface area contributed by atoms with Crippen LogP contribution in [0, 0.1) is 0 Å². The van der Waals surface area contributed by atoms with Crippen molar-refractivity contribution in [2.45, 2.75) is 37.9 Å². The Morgan fingerprint density at radius 3 is 2.81 bits per heavy atom. The van der Waals surface area contributed by atoms with Crippen LogP contribution in [0.15, 0.2) is 36.4 Å². The summed E-state index contributed by atoms with van der Waals surface area (Å²) in [5, 5.41) is 12.6. The third-order valence-corrected chi connectivity index (χ3v) is 4.24. The lowest BCUT2D eigenvalue weighted by molar-refractivity contribution is 0.0812. The standard InChI is InChI=1S/C18H22O3/c1-20-17-7-6-13-11-15(5-4-14(13)12-17)18(19)9-8-16-3-2-10-21-16/h4-7,11-12,16,18-19H,2-3,8-10H2,1H3. The van der Waals surface area contributed by atoms with E-state index in [9.17, 15) is 5.11 Å². The second-order valence-electron chi connectivity index (χ2n) is 5.70. The molecule has 2 unspecified atom stereocenters. The van der Waals surface area contributed by atoms with Crippen molar-refractivity contribution < 1.29 is 14.6 Å². The summed E-state index contributed by atoms with van der Waals surface area (Å²) in [6, 6.07) is 12.1. The van der Waals surface area contributed by atoms with E-state index in [0.717, 1.165) is 54.4 Å². The number of hydrogen-bond donors (Lipinski definition) is 1. The molecule has 112 valence electrons. The van der Waals surface area contributed by atoms with Gasteiger partial charge in [0.05, 0.1) is 19.3 Å². The molecular formula is C18H22O3. The Kier molecular flexibility index (Phi) is 4.42. The van der Waals surface area contributed by atoms with E-state index in [1.165, 1.54) is 0 Å². The number of benzene rings is 2. The van der Waals surface area contributed by atoms with Gasteiger partial charge in [-0.3, -0.25) is 0 Å². The van der Waals surface area contributed by atoms with E-state index in [1.807, 2.05) is 30.3 Å². The van der Waals surface area contributed by atoms with Crippen molar-refractivity contribution in [1.82, 2.24) is 0 Å². The molecular weight excluding hydrogens is 264 g/mol. The molecule has 1 N–H and O–H groups in total. The topological polar surface area (TPSA) is 38.7 Å². The first kappa shape index (κ1) is 14.4. The van der Waals surface area contributed by atoms with Gasteiger partial charge in [-0.2, -0.15) is 0 Å². The number of aliphatic hydroxyl groups is 1. The molecule has 1 heterocycles. The molecule has 1 fully saturated rings. The zero-order valence-electron chi connectivity index (χ0n) is 12.4. The Bertz CT molecular complexity index is 602. The van der Waals surface area contributed by atoms with Crippen molar-refractivity contribution in [2.24, 2.45) is 0 Å². The third kappa shape index (κ3) is 3.36. The predicted molar refractivity (Wildman–Crippen MR) is 83.7 cm³/mol. The van der Waals surface area contributed by atoms with Crippen LogP contribution >= 0.6 is 0 Å². The highest BCUT2D eigenvalue weighted by atomic mass is 16.5. The minimum absolute atomic E-state index is 0.337. The second kappa shape index (κ2) is 6.46. The Morgan fingerprint density at radius 1 is 1.24 bits per heavy atom. The van der Waals surface area contributed by atoms with Gasteiger partial charge in [-0.1, -0.05) is 18.2 Å². The zero-order chi connectivity index (χ0) is 14.7. The van der Waals surface area contributed by atoms with Gasteiger partial charge >= 0.3 is 0 Å². The normalized spacial score (nSPS) is 19.8. The molecule has 0 aliphatic carbocycles. The molecule has 2 aromatic rings. The quantitative estimate of drug-likeness (QED) is 0.907. The lowest BCUT2D eigenvalue weighted by Crippen LogP contribution is -2.07. The van der Waals surface area contributed by atoms with Crippen molar-refractivity contribution in [1.29, 1.82) is 0 Å². The van der Waals surface area contributed by atoms with Crippen LogP contribution in [0.4, 0.5) is 0 Å². The van der Waals surface area contributed by atoms with Crippen LogP contribution in [0.5, 0.6) is 5.75 Å². The predicted octanol–water partition coefficient (Wildman–Crippen LogP) is 3.84. The maximum absolute atomic E-state index is 10.4. The van der Waals surface area contributed by atoms with Crippen LogP contribution < -0.4 is 4.74 Å². The summed E-state index contributed by atoms with van der Waals surface area (Å²) in [6.45, 7) is 0.874. The van der Waals surface area contributed by atoms with E-state index in [1.54, 1.807) is 7.11 Å². The largest absolute Gasteiger partial charge is 0.497 e. The summed E-state index contributed by atoms with van der Waals surface area (Å²) in [5.41, 5.74) is 0.977. The average molecular weight is 286 g/mol. The molecule has 2 aromatic carbocycles. The van der Waals surface area contributed by atoms with Gasteiger partial charge in [-0.25, -0.2) is 0 Å². The number of fused-ring (bicyclic) bond motifs is 1. The maximum Gasteiger partial charge on any atom is 0.119 e. The lowest BCUT2D eigenvalue weighted by atomic mass is 9.99. The molecule has 21 heavy (non-hydrogen) atoms. The number of ether oxygens (including phenoxy) is 2. The molecule has 1 aliphatic rings. The third-order valence-electron chi connectivity index (χ3n) is 4.24. The fourth-order valence-electron chi connectivity index (χ4n) is 2.96. The van der Waals surface area contributed by atoms with E-state index in [0.29, 0.717) is 6.10 Å². The summed E-state index contributed by atoms with van der Waals surface area (Å²) in [5.74, 6) is 0.856. The van der Waals surface area contributed by atoms with Crippen LogP contribution in [-0.4, -0.2) is 24.9 Å². The highest BCUT2D eigenvalue weighted by molar-refractivity contribution is 5.84. The van der Waals surface area contributed by atoms with Gasteiger partial charge in [0.2, 0.25) is 0 Å². The lowest BCUT2D eigenvalue weighted by Gasteiger charge is -2.15. The van der Waals surface area contributed by atoms with E-state index >= 15 is 0 Å². The highest BCUT2D eigenvalue weighted by Crippen LogP contribution is 2.27. The monoisotopic (exact) mass is 286 g/mol. The minimum atomic E-state index is -0.416. The smallest absolute Gasteiger partial charge is 0.119 e. The Morgan fingerprint density at radius 2 is 2.05 bits per heavy atom. The van der Waals surface area contributed by atoms with Crippen LogP contribution in [0.25, 0.3) is 10.8 Å². The second-order valence-corrected chi connectivity index (χ2v) is 5.70. The van der Waals surface area contributed by atoms with Gasteiger partial charge in [0.15, 0.2) is 0 Å². The van der Waals surface area contributed by atoms with Gasteiger partial charge in [-0.05, 0) is 60.2 Å². The first-order valence-electron chi connectivity index (χ1n) is 7.63. The van der Waals surface area contributed by atoms with E-state index < -0.39 is 6.10 Å². The SMILES string of the molecule is COc1ccc2cc(C(O)CCC3CCCO3)ccc2c1. The minimum Gasteiger partial charge on any atom is -0.497 e. The Hall–Kier alpha value is -1.58. The number of hydrogen-bond acceptors (Lipinski definition) is 3. The summed E-state index contributed by atoms with van der Waals surface area (Å²) >= 11 is 0. The van der Waals surface area contributed by atoms with Crippen molar-refractivity contribution in [2.75, 3.05) is 13.7 Å². The first-order chi connectivity index (χ1) is 10.3. The van der Waals surface area contributed by atoms with Crippen molar-refractivity contribution in [3.63, 3.8) is 0 Å².